The van der Waals surface area contributed by atoms with E-state index in [1.165, 1.54) is 12.6 Å². The maximum Gasteiger partial charge on any atom is 0.192 e. The molecule has 0 aliphatic carbocycles. The van der Waals surface area contributed by atoms with E-state index in [2.05, 4.69) is 4.84 Å². The molecule has 0 aromatic heterocycles. The molecule has 0 aromatic rings. The van der Waals surface area contributed by atoms with Crippen molar-refractivity contribution in [2.75, 3.05) is 6.61 Å². The summed E-state index contributed by atoms with van der Waals surface area (Å²) in [4.78, 5) is 15.2. The third-order valence-corrected chi connectivity index (χ3v) is 1.98. The van der Waals surface area contributed by atoms with Gasteiger partial charge in [0.15, 0.2) is 5.78 Å². The summed E-state index contributed by atoms with van der Waals surface area (Å²) < 4.78 is 0. The molecule has 7 heteroatoms. The van der Waals surface area contributed by atoms with Crippen LogP contribution in [0.3, 0.4) is 0 Å². The van der Waals surface area contributed by atoms with Crippen LogP contribution in [0.1, 0.15) is 13.8 Å². The lowest BCUT2D eigenvalue weighted by Gasteiger charge is -2.30. The van der Waals surface area contributed by atoms with Crippen molar-refractivity contribution < 1.29 is 30.2 Å². The van der Waals surface area contributed by atoms with Crippen LogP contribution in [0, 0.1) is 0 Å². The van der Waals surface area contributed by atoms with Gasteiger partial charge in [0, 0.05) is 0 Å². The monoisotopic (exact) mass is 209 g/mol. The summed E-state index contributed by atoms with van der Waals surface area (Å²) in [5, 5.41) is 35.8. The minimum Gasteiger partial charge on any atom is -0.390 e. The topological polar surface area (TPSA) is 119 Å². The van der Waals surface area contributed by atoms with Crippen molar-refractivity contribution in [2.45, 2.75) is 31.7 Å². The normalized spacial score (nSPS) is 19.9. The molecule has 0 fully saturated rings. The van der Waals surface area contributed by atoms with Gasteiger partial charge < -0.3 is 15.3 Å². The Bertz CT molecular complexity index is 193. The molecule has 7 nitrogen and oxygen atoms in total. The van der Waals surface area contributed by atoms with E-state index in [1.54, 1.807) is 0 Å². The quantitative estimate of drug-likeness (QED) is 0.320. The highest BCUT2D eigenvalue weighted by Gasteiger charge is 2.39. The molecule has 0 saturated carbocycles. The van der Waals surface area contributed by atoms with Gasteiger partial charge in [-0.1, -0.05) is 5.64 Å². The van der Waals surface area contributed by atoms with E-state index in [1.807, 2.05) is 0 Å². The lowest BCUT2D eigenvalue weighted by molar-refractivity contribution is -0.174. The Balaban J connectivity index is 4.30. The Labute approximate surface area is 80.8 Å². The first kappa shape index (κ1) is 13.4. The van der Waals surface area contributed by atoms with E-state index in [0.29, 0.717) is 0 Å². The maximum atomic E-state index is 11.1. The Morgan fingerprint density at radius 2 is 2.07 bits per heavy atom. The van der Waals surface area contributed by atoms with Gasteiger partial charge in [-0.2, -0.15) is 0 Å². The first-order valence-corrected chi connectivity index (χ1v) is 3.96. The number of Topliss-reactive ketones (excluding diaryl/α,β-unsaturated/α-hetero) is 1. The van der Waals surface area contributed by atoms with Crippen LogP contribution in [0.4, 0.5) is 0 Å². The predicted octanol–water partition coefficient (Wildman–Crippen LogP) is -2.04. The molecule has 0 bridgehead atoms. The van der Waals surface area contributed by atoms with E-state index in [0.717, 1.165) is 6.92 Å². The summed E-state index contributed by atoms with van der Waals surface area (Å²) in [6, 6.07) is 0. The Morgan fingerprint density at radius 1 is 1.57 bits per heavy atom. The average Bonchev–Trinajstić information content (AvgIpc) is 2.12. The zero-order valence-electron chi connectivity index (χ0n) is 7.97. The second kappa shape index (κ2) is 5.35. The lowest BCUT2D eigenvalue weighted by atomic mass is 9.91. The molecule has 0 aliphatic heterocycles. The van der Waals surface area contributed by atoms with Crippen molar-refractivity contribution >= 4 is 5.78 Å². The third-order valence-electron chi connectivity index (χ3n) is 1.98. The van der Waals surface area contributed by atoms with Crippen molar-refractivity contribution in [1.29, 1.82) is 0 Å². The standard InChI is InChI=1S/C7H15NO6/c1-4(9)7(2,12)6(11)5(10)3-14-8-13/h4,6,8-9,11-13H,3H2,1-2H3. The smallest absolute Gasteiger partial charge is 0.192 e. The van der Waals surface area contributed by atoms with Crippen LogP contribution in [-0.2, 0) is 9.63 Å². The highest BCUT2D eigenvalue weighted by molar-refractivity contribution is 5.85. The molecular weight excluding hydrogens is 194 g/mol. The van der Waals surface area contributed by atoms with Gasteiger partial charge in [-0.3, -0.25) is 14.8 Å². The Hall–Kier alpha value is -0.570. The summed E-state index contributed by atoms with van der Waals surface area (Å²) in [6.07, 6.45) is -3.06. The maximum absolute atomic E-state index is 11.1. The Kier molecular flexibility index (Phi) is 5.13. The highest BCUT2D eigenvalue weighted by atomic mass is 16.8. The number of nitrogens with one attached hydrogen (secondary N) is 1. The van der Waals surface area contributed by atoms with Crippen molar-refractivity contribution in [3.63, 3.8) is 0 Å². The van der Waals surface area contributed by atoms with Crippen molar-refractivity contribution in [3.8, 4) is 0 Å². The van der Waals surface area contributed by atoms with Crippen molar-refractivity contribution in [1.82, 2.24) is 5.64 Å². The first-order chi connectivity index (χ1) is 6.34. The molecule has 3 atom stereocenters. The molecule has 0 aliphatic rings. The fraction of sp³-hybridized carbons (Fsp3) is 0.857. The number of aliphatic hydroxyl groups excluding tert-OH is 2. The minimum absolute atomic E-state index is 0.624. The summed E-state index contributed by atoms with van der Waals surface area (Å²) in [7, 11) is 0. The predicted molar refractivity (Wildman–Crippen MR) is 44.2 cm³/mol. The molecule has 0 radical (unpaired) electrons. The van der Waals surface area contributed by atoms with Crippen LogP contribution in [0.5, 0.6) is 0 Å². The number of hydrogen-bond donors (Lipinski definition) is 5. The van der Waals surface area contributed by atoms with E-state index in [-0.39, 0.29) is 0 Å². The molecule has 84 valence electrons. The van der Waals surface area contributed by atoms with Gasteiger partial charge >= 0.3 is 0 Å². The zero-order valence-corrected chi connectivity index (χ0v) is 7.97. The highest BCUT2D eigenvalue weighted by Crippen LogP contribution is 2.15. The fourth-order valence-electron chi connectivity index (χ4n) is 0.737. The van der Waals surface area contributed by atoms with E-state index >= 15 is 0 Å². The number of ketones is 1. The molecule has 3 unspecified atom stereocenters. The van der Waals surface area contributed by atoms with Crippen LogP contribution in [0.2, 0.25) is 0 Å². The van der Waals surface area contributed by atoms with Gasteiger partial charge in [-0.25, -0.2) is 0 Å². The van der Waals surface area contributed by atoms with Crippen LogP contribution in [0.15, 0.2) is 0 Å². The second-order valence-electron chi connectivity index (χ2n) is 3.15. The molecule has 0 heterocycles. The molecular formula is C7H15NO6. The van der Waals surface area contributed by atoms with E-state index in [4.69, 9.17) is 10.3 Å². The van der Waals surface area contributed by atoms with E-state index < -0.39 is 30.2 Å². The molecule has 5 N–H and O–H groups in total. The van der Waals surface area contributed by atoms with Crippen LogP contribution >= 0.6 is 0 Å². The first-order valence-electron chi connectivity index (χ1n) is 3.96. The van der Waals surface area contributed by atoms with Crippen LogP contribution < -0.4 is 5.64 Å². The van der Waals surface area contributed by atoms with Crippen molar-refractivity contribution in [2.24, 2.45) is 0 Å². The second-order valence-corrected chi connectivity index (χ2v) is 3.15. The molecule has 0 amide bonds. The summed E-state index contributed by atoms with van der Waals surface area (Å²) in [5.41, 5.74) is -0.690. The molecule has 0 rings (SSSR count). The summed E-state index contributed by atoms with van der Waals surface area (Å²) >= 11 is 0. The Morgan fingerprint density at radius 3 is 2.43 bits per heavy atom. The van der Waals surface area contributed by atoms with Gasteiger partial charge in [0.2, 0.25) is 0 Å². The minimum atomic E-state index is -1.95. The number of carbonyl (C=O) groups excluding carboxylic acids is 1. The largest absolute Gasteiger partial charge is 0.390 e. The number of carbonyl (C=O) groups is 1. The van der Waals surface area contributed by atoms with Crippen molar-refractivity contribution in [3.05, 3.63) is 0 Å². The van der Waals surface area contributed by atoms with Gasteiger partial charge in [0.1, 0.15) is 18.3 Å². The summed E-state index contributed by atoms with van der Waals surface area (Å²) in [5.74, 6) is -0.863. The average molecular weight is 209 g/mol. The van der Waals surface area contributed by atoms with Crippen LogP contribution in [0.25, 0.3) is 0 Å². The summed E-state index contributed by atoms with van der Waals surface area (Å²) in [6.45, 7) is 1.73. The zero-order chi connectivity index (χ0) is 11.4. The number of aliphatic hydroxyl groups is 3. The van der Waals surface area contributed by atoms with Gasteiger partial charge in [0.25, 0.3) is 0 Å². The molecule has 0 spiro atoms. The van der Waals surface area contributed by atoms with E-state index in [9.17, 15) is 15.0 Å². The lowest BCUT2D eigenvalue weighted by Crippen LogP contribution is -2.53. The molecule has 0 saturated heterocycles. The SMILES string of the molecule is CC(O)C(C)(O)C(O)C(=O)CONO. The number of hydrogen-bond acceptors (Lipinski definition) is 7. The molecule has 0 aromatic carbocycles. The number of rotatable bonds is 6. The molecule has 14 heavy (non-hydrogen) atoms. The van der Waals surface area contributed by atoms with Gasteiger partial charge in [-0.15, -0.1) is 0 Å². The van der Waals surface area contributed by atoms with Gasteiger partial charge in [0.05, 0.1) is 6.10 Å². The fourth-order valence-corrected chi connectivity index (χ4v) is 0.737. The van der Waals surface area contributed by atoms with Crippen LogP contribution in [-0.4, -0.2) is 50.7 Å². The van der Waals surface area contributed by atoms with Gasteiger partial charge in [-0.05, 0) is 13.8 Å². The third kappa shape index (κ3) is 3.29.